The van der Waals surface area contributed by atoms with Gasteiger partial charge in [0, 0.05) is 16.8 Å². The van der Waals surface area contributed by atoms with Crippen molar-refractivity contribution < 1.29 is 0 Å². The molecule has 0 aromatic heterocycles. The summed E-state index contributed by atoms with van der Waals surface area (Å²) in [5.74, 6) is 0. The van der Waals surface area contributed by atoms with Gasteiger partial charge in [0.15, 0.2) is 0 Å². The monoisotopic (exact) mass is 761 g/mol. The van der Waals surface area contributed by atoms with Crippen LogP contribution in [0.25, 0.3) is 66.4 Å². The SMILES string of the molecule is c1ccc(-c2ccc(N(c3ccc(-c4ccccc4)cc3)c3cc4c(c5ccccc35)-c3ccccc3C43c4ccccc4-c4ccc(-c5ccccc5)cc43)cc2)cc1. The van der Waals surface area contributed by atoms with Crippen LogP contribution in [0.1, 0.15) is 22.3 Å². The first-order chi connectivity index (χ1) is 29.8. The van der Waals surface area contributed by atoms with Crippen LogP contribution in [0.4, 0.5) is 17.1 Å². The summed E-state index contributed by atoms with van der Waals surface area (Å²) in [7, 11) is 0. The predicted molar refractivity (Wildman–Crippen MR) is 251 cm³/mol. The summed E-state index contributed by atoms with van der Waals surface area (Å²) in [6.45, 7) is 0. The Labute approximate surface area is 351 Å². The summed E-state index contributed by atoms with van der Waals surface area (Å²) < 4.78 is 0. The van der Waals surface area contributed by atoms with Crippen molar-refractivity contribution in [3.05, 3.63) is 259 Å². The molecule has 1 unspecified atom stereocenters. The largest absolute Gasteiger partial charge is 0.310 e. The molecule has 0 radical (unpaired) electrons. The highest BCUT2D eigenvalue weighted by atomic mass is 15.1. The molecule has 0 aliphatic heterocycles. The fourth-order valence-corrected chi connectivity index (χ4v) is 10.3. The van der Waals surface area contributed by atoms with Crippen molar-refractivity contribution in [3.8, 4) is 55.6 Å². The Hall–Kier alpha value is -7.74. The molecule has 12 rings (SSSR count). The lowest BCUT2D eigenvalue weighted by molar-refractivity contribution is 0.794. The molecule has 2 aliphatic carbocycles. The van der Waals surface area contributed by atoms with Crippen LogP contribution in [0.2, 0.25) is 0 Å². The zero-order valence-corrected chi connectivity index (χ0v) is 33.0. The maximum Gasteiger partial charge on any atom is 0.0726 e. The van der Waals surface area contributed by atoms with Gasteiger partial charge in [-0.2, -0.15) is 0 Å². The maximum atomic E-state index is 2.54. The number of hydrogen-bond donors (Lipinski definition) is 0. The molecule has 0 heterocycles. The lowest BCUT2D eigenvalue weighted by Gasteiger charge is -2.33. The Balaban J connectivity index is 1.15. The Morgan fingerprint density at radius 2 is 0.683 bits per heavy atom. The first kappa shape index (κ1) is 34.3. The van der Waals surface area contributed by atoms with Gasteiger partial charge in [0.05, 0.1) is 11.1 Å². The van der Waals surface area contributed by atoms with E-state index >= 15 is 0 Å². The third-order valence-corrected chi connectivity index (χ3v) is 12.9. The van der Waals surface area contributed by atoms with Gasteiger partial charge >= 0.3 is 0 Å². The number of benzene rings is 10. The molecule has 1 atom stereocenters. The third-order valence-electron chi connectivity index (χ3n) is 12.9. The number of hydrogen-bond acceptors (Lipinski definition) is 1. The summed E-state index contributed by atoms with van der Waals surface area (Å²) in [6, 6.07) is 87.3. The number of fused-ring (bicyclic) bond motifs is 12. The highest BCUT2D eigenvalue weighted by Gasteiger charge is 2.52. The molecule has 0 amide bonds. The van der Waals surface area contributed by atoms with Crippen LogP contribution in [0.15, 0.2) is 237 Å². The molecule has 1 heteroatoms. The number of rotatable bonds is 6. The van der Waals surface area contributed by atoms with Gasteiger partial charge < -0.3 is 4.90 Å². The van der Waals surface area contributed by atoms with Gasteiger partial charge in [0.25, 0.3) is 0 Å². The number of nitrogens with zero attached hydrogens (tertiary/aromatic N) is 1. The van der Waals surface area contributed by atoms with Crippen molar-refractivity contribution in [1.82, 2.24) is 0 Å². The third kappa shape index (κ3) is 5.13. The topological polar surface area (TPSA) is 3.24 Å². The van der Waals surface area contributed by atoms with Gasteiger partial charge in [0.1, 0.15) is 0 Å². The molecule has 0 bridgehead atoms. The normalized spacial score (nSPS) is 14.4. The average Bonchev–Trinajstić information content (AvgIpc) is 3.80. The van der Waals surface area contributed by atoms with Crippen molar-refractivity contribution in [2.45, 2.75) is 5.41 Å². The highest BCUT2D eigenvalue weighted by molar-refractivity contribution is 6.12. The van der Waals surface area contributed by atoms with Crippen LogP contribution in [0.5, 0.6) is 0 Å². The van der Waals surface area contributed by atoms with Crippen LogP contribution in [-0.2, 0) is 5.41 Å². The smallest absolute Gasteiger partial charge is 0.0726 e. The van der Waals surface area contributed by atoms with Crippen LogP contribution >= 0.6 is 0 Å². The van der Waals surface area contributed by atoms with E-state index in [9.17, 15) is 0 Å². The van der Waals surface area contributed by atoms with E-state index in [4.69, 9.17) is 0 Å². The second-order valence-electron chi connectivity index (χ2n) is 16.0. The standard InChI is InChI=1S/C59H39N/c1-4-16-40(17-5-1)43-28-33-46(34-29-43)60(47-35-30-44(31-36-47)41-18-6-2-7-19-41)57-39-56-58(51-24-11-10-23-50(51)57)52-25-13-15-27-54(52)59(56)53-26-14-12-22-48(53)49-37-32-45(38-55(49)59)42-20-8-3-9-21-42/h1-39H. The summed E-state index contributed by atoms with van der Waals surface area (Å²) in [4.78, 5) is 2.48. The second-order valence-corrected chi connectivity index (χ2v) is 16.0. The molecule has 0 saturated heterocycles. The summed E-state index contributed by atoms with van der Waals surface area (Å²) in [5, 5.41) is 2.47. The minimum Gasteiger partial charge on any atom is -0.310 e. The van der Waals surface area contributed by atoms with Crippen molar-refractivity contribution in [3.63, 3.8) is 0 Å². The minimum absolute atomic E-state index is 0.526. The molecule has 1 nitrogen and oxygen atoms in total. The Kier molecular flexibility index (Phi) is 7.83. The molecule has 10 aromatic rings. The van der Waals surface area contributed by atoms with Crippen LogP contribution in [-0.4, -0.2) is 0 Å². The Morgan fingerprint density at radius 3 is 1.27 bits per heavy atom. The van der Waals surface area contributed by atoms with E-state index in [1.807, 2.05) is 0 Å². The van der Waals surface area contributed by atoms with Gasteiger partial charge in [-0.25, -0.2) is 0 Å². The molecule has 10 aromatic carbocycles. The van der Waals surface area contributed by atoms with Gasteiger partial charge in [-0.1, -0.05) is 200 Å². The van der Waals surface area contributed by atoms with Crippen LogP contribution in [0, 0.1) is 0 Å². The minimum atomic E-state index is -0.526. The maximum absolute atomic E-state index is 2.54. The molecule has 280 valence electrons. The summed E-state index contributed by atoms with van der Waals surface area (Å²) >= 11 is 0. The number of anilines is 3. The molecule has 0 N–H and O–H groups in total. The fraction of sp³-hybridized carbons (Fsp3) is 0.0169. The van der Waals surface area contributed by atoms with Crippen molar-refractivity contribution in [2.24, 2.45) is 0 Å². The van der Waals surface area contributed by atoms with E-state index in [-0.39, 0.29) is 0 Å². The zero-order chi connectivity index (χ0) is 39.6. The van der Waals surface area contributed by atoms with E-state index in [1.54, 1.807) is 0 Å². The summed E-state index contributed by atoms with van der Waals surface area (Å²) in [6.07, 6.45) is 0. The van der Waals surface area contributed by atoms with E-state index in [2.05, 4.69) is 241 Å². The average molecular weight is 762 g/mol. The van der Waals surface area contributed by atoms with Crippen molar-refractivity contribution in [2.75, 3.05) is 4.90 Å². The lowest BCUT2D eigenvalue weighted by atomic mass is 9.70. The molecule has 0 fully saturated rings. The Morgan fingerprint density at radius 1 is 0.267 bits per heavy atom. The molecule has 0 saturated carbocycles. The molecule has 1 spiro atoms. The van der Waals surface area contributed by atoms with E-state index in [0.717, 1.165) is 17.1 Å². The highest BCUT2D eigenvalue weighted by Crippen LogP contribution is 2.65. The first-order valence-electron chi connectivity index (χ1n) is 20.8. The van der Waals surface area contributed by atoms with Crippen LogP contribution < -0.4 is 4.90 Å². The van der Waals surface area contributed by atoms with E-state index in [0.29, 0.717) is 0 Å². The first-order valence-corrected chi connectivity index (χ1v) is 20.8. The van der Waals surface area contributed by atoms with Gasteiger partial charge in [-0.15, -0.1) is 0 Å². The Bertz CT molecular complexity index is 3140. The quantitative estimate of drug-likeness (QED) is 0.163. The van der Waals surface area contributed by atoms with E-state index in [1.165, 1.54) is 88.7 Å². The van der Waals surface area contributed by atoms with Gasteiger partial charge in [0.2, 0.25) is 0 Å². The lowest BCUT2D eigenvalue weighted by Crippen LogP contribution is -2.26. The van der Waals surface area contributed by atoms with Crippen molar-refractivity contribution in [1.29, 1.82) is 0 Å². The molecule has 60 heavy (non-hydrogen) atoms. The second kappa shape index (κ2) is 13.7. The van der Waals surface area contributed by atoms with Gasteiger partial charge in [-0.3, -0.25) is 0 Å². The molecular weight excluding hydrogens is 723 g/mol. The summed E-state index contributed by atoms with van der Waals surface area (Å²) in [5.41, 5.74) is 20.6. The zero-order valence-electron chi connectivity index (χ0n) is 33.0. The van der Waals surface area contributed by atoms with E-state index < -0.39 is 5.41 Å². The van der Waals surface area contributed by atoms with Gasteiger partial charge in [-0.05, 0) is 120 Å². The molecule has 2 aliphatic rings. The fourth-order valence-electron chi connectivity index (χ4n) is 10.3. The van der Waals surface area contributed by atoms with Crippen LogP contribution in [0.3, 0.4) is 0 Å². The predicted octanol–water partition coefficient (Wildman–Crippen LogP) is 15.7. The molecular formula is C59H39N. The van der Waals surface area contributed by atoms with Crippen molar-refractivity contribution >= 4 is 27.8 Å².